The molecule has 0 fully saturated rings. The molecule has 0 saturated carbocycles. The summed E-state index contributed by atoms with van der Waals surface area (Å²) >= 11 is 5.83. The number of aryl methyl sites for hydroxylation is 1. The summed E-state index contributed by atoms with van der Waals surface area (Å²) in [5, 5.41) is 9.58. The van der Waals surface area contributed by atoms with Crippen LogP contribution in [-0.4, -0.2) is 28.9 Å². The lowest BCUT2D eigenvalue weighted by Crippen LogP contribution is -2.20. The molecule has 110 valence electrons. The van der Waals surface area contributed by atoms with Crippen LogP contribution in [0.25, 0.3) is 0 Å². The van der Waals surface area contributed by atoms with E-state index in [2.05, 4.69) is 20.5 Å². The molecule has 0 saturated heterocycles. The van der Waals surface area contributed by atoms with Crippen LogP contribution < -0.4 is 10.6 Å². The predicted molar refractivity (Wildman–Crippen MR) is 78.6 cm³/mol. The van der Waals surface area contributed by atoms with Gasteiger partial charge in [-0.15, -0.1) is 0 Å². The number of aromatic nitrogens is 2. The second-order valence-corrected chi connectivity index (χ2v) is 4.58. The maximum Gasteiger partial charge on any atom is 0.360 e. The number of amides is 2. The second-order valence-electron chi connectivity index (χ2n) is 4.15. The van der Waals surface area contributed by atoms with Crippen LogP contribution in [0, 0.1) is 0 Å². The van der Waals surface area contributed by atoms with Crippen LogP contribution in [0.5, 0.6) is 0 Å². The summed E-state index contributed by atoms with van der Waals surface area (Å²) in [6.07, 6.45) is 1.50. The van der Waals surface area contributed by atoms with Crippen molar-refractivity contribution in [2.75, 3.05) is 17.7 Å². The molecule has 0 bridgehead atoms. The van der Waals surface area contributed by atoms with Crippen LogP contribution >= 0.6 is 11.6 Å². The fourth-order valence-corrected chi connectivity index (χ4v) is 1.87. The Bertz CT molecular complexity index is 684. The first-order valence-corrected chi connectivity index (χ1v) is 6.33. The monoisotopic (exact) mass is 308 g/mol. The molecule has 0 unspecified atom stereocenters. The normalized spacial score (nSPS) is 10.0. The van der Waals surface area contributed by atoms with Gasteiger partial charge in [0.1, 0.15) is 0 Å². The van der Waals surface area contributed by atoms with Crippen LogP contribution in [0.4, 0.5) is 16.2 Å². The van der Waals surface area contributed by atoms with Crippen molar-refractivity contribution in [3.05, 3.63) is 41.2 Å². The lowest BCUT2D eigenvalue weighted by molar-refractivity contribution is 0.0594. The zero-order chi connectivity index (χ0) is 15.4. The second kappa shape index (κ2) is 6.27. The highest BCUT2D eigenvalue weighted by molar-refractivity contribution is 6.30. The zero-order valence-corrected chi connectivity index (χ0v) is 12.1. The molecular formula is C13H13ClN4O3. The largest absolute Gasteiger partial charge is 0.464 e. The lowest BCUT2D eigenvalue weighted by Gasteiger charge is -2.07. The third kappa shape index (κ3) is 3.73. The number of anilines is 2. The third-order valence-corrected chi connectivity index (χ3v) is 2.77. The number of hydrogen-bond donors (Lipinski definition) is 2. The first kappa shape index (κ1) is 14.9. The number of halogens is 1. The number of methoxy groups -OCH3 is 1. The van der Waals surface area contributed by atoms with E-state index in [9.17, 15) is 9.59 Å². The van der Waals surface area contributed by atoms with E-state index in [1.165, 1.54) is 18.0 Å². The fourth-order valence-electron chi connectivity index (χ4n) is 1.68. The Kier molecular flexibility index (Phi) is 4.44. The van der Waals surface area contributed by atoms with Crippen LogP contribution in [-0.2, 0) is 11.8 Å². The van der Waals surface area contributed by atoms with Gasteiger partial charge in [0.25, 0.3) is 0 Å². The Morgan fingerprint density at radius 1 is 1.33 bits per heavy atom. The fraction of sp³-hybridized carbons (Fsp3) is 0.154. The number of nitrogens with one attached hydrogen (secondary N) is 2. The predicted octanol–water partition coefficient (Wildman–Crippen LogP) is 2.50. The summed E-state index contributed by atoms with van der Waals surface area (Å²) < 4.78 is 6.01. The zero-order valence-electron chi connectivity index (χ0n) is 11.4. The van der Waals surface area contributed by atoms with E-state index < -0.39 is 12.0 Å². The molecule has 0 aliphatic rings. The summed E-state index contributed by atoms with van der Waals surface area (Å²) in [4.78, 5) is 23.5. The molecule has 1 heterocycles. The van der Waals surface area contributed by atoms with Crippen molar-refractivity contribution in [3.8, 4) is 0 Å². The molecule has 0 radical (unpaired) electrons. The third-order valence-electron chi connectivity index (χ3n) is 2.54. The van der Waals surface area contributed by atoms with Crippen molar-refractivity contribution in [3.63, 3.8) is 0 Å². The highest BCUT2D eigenvalue weighted by Gasteiger charge is 2.18. The number of esters is 1. The SMILES string of the molecule is COC(=O)c1nn(C)cc1NC(=O)Nc1cccc(Cl)c1. The standard InChI is InChI=1S/C13H13ClN4O3/c1-18-7-10(11(17-18)12(19)21-2)16-13(20)15-9-5-3-4-8(14)6-9/h3-7H,1-2H3,(H2,15,16,20). The van der Waals surface area contributed by atoms with Gasteiger partial charge in [0.15, 0.2) is 5.69 Å². The number of carbonyl (C=O) groups excluding carboxylic acids is 2. The highest BCUT2D eigenvalue weighted by Crippen LogP contribution is 2.17. The molecule has 0 aliphatic heterocycles. The lowest BCUT2D eigenvalue weighted by atomic mass is 10.3. The van der Waals surface area contributed by atoms with E-state index in [1.807, 2.05) is 0 Å². The van der Waals surface area contributed by atoms with Gasteiger partial charge in [0.2, 0.25) is 0 Å². The average Bonchev–Trinajstić information content (AvgIpc) is 2.78. The molecule has 7 nitrogen and oxygen atoms in total. The molecule has 0 atom stereocenters. The Labute approximate surface area is 125 Å². The molecule has 2 N–H and O–H groups in total. The molecule has 1 aromatic carbocycles. The van der Waals surface area contributed by atoms with E-state index >= 15 is 0 Å². The summed E-state index contributed by atoms with van der Waals surface area (Å²) in [5.41, 5.74) is 0.814. The number of rotatable bonds is 3. The van der Waals surface area contributed by atoms with Crippen molar-refractivity contribution < 1.29 is 14.3 Å². The molecule has 8 heteroatoms. The quantitative estimate of drug-likeness (QED) is 0.853. The molecule has 0 aliphatic carbocycles. The summed E-state index contributed by atoms with van der Waals surface area (Å²) in [5.74, 6) is -0.631. The number of urea groups is 1. The number of carbonyl (C=O) groups is 2. The molecule has 2 aromatic rings. The van der Waals surface area contributed by atoms with Crippen molar-refractivity contribution in [1.82, 2.24) is 9.78 Å². The van der Waals surface area contributed by atoms with Crippen molar-refractivity contribution in [1.29, 1.82) is 0 Å². The van der Waals surface area contributed by atoms with Gasteiger partial charge in [0, 0.05) is 24.0 Å². The molecule has 2 amide bonds. The first-order chi connectivity index (χ1) is 9.99. The van der Waals surface area contributed by atoms with E-state index in [1.54, 1.807) is 31.3 Å². The van der Waals surface area contributed by atoms with Gasteiger partial charge in [-0.2, -0.15) is 5.10 Å². The minimum Gasteiger partial charge on any atom is -0.464 e. The number of nitrogens with zero attached hydrogens (tertiary/aromatic N) is 2. The molecule has 1 aromatic heterocycles. The first-order valence-electron chi connectivity index (χ1n) is 5.95. The smallest absolute Gasteiger partial charge is 0.360 e. The Morgan fingerprint density at radius 2 is 2.10 bits per heavy atom. The average molecular weight is 309 g/mol. The van der Waals surface area contributed by atoms with Crippen LogP contribution in [0.3, 0.4) is 0 Å². The van der Waals surface area contributed by atoms with E-state index in [0.717, 1.165) is 0 Å². The van der Waals surface area contributed by atoms with Crippen LogP contribution in [0.15, 0.2) is 30.5 Å². The molecular weight excluding hydrogens is 296 g/mol. The topological polar surface area (TPSA) is 85.2 Å². The molecule has 0 spiro atoms. The molecule has 2 rings (SSSR count). The minimum atomic E-state index is -0.631. The van der Waals surface area contributed by atoms with Gasteiger partial charge < -0.3 is 15.4 Å². The van der Waals surface area contributed by atoms with Crippen molar-refractivity contribution >= 4 is 35.0 Å². The van der Waals surface area contributed by atoms with Gasteiger partial charge in [-0.3, -0.25) is 4.68 Å². The van der Waals surface area contributed by atoms with Gasteiger partial charge in [-0.05, 0) is 18.2 Å². The summed E-state index contributed by atoms with van der Waals surface area (Å²) in [6, 6.07) is 6.18. The van der Waals surface area contributed by atoms with Crippen molar-refractivity contribution in [2.45, 2.75) is 0 Å². The summed E-state index contributed by atoms with van der Waals surface area (Å²) in [7, 11) is 2.87. The Hall–Kier alpha value is -2.54. The van der Waals surface area contributed by atoms with Crippen LogP contribution in [0.1, 0.15) is 10.5 Å². The maximum atomic E-state index is 11.9. The van der Waals surface area contributed by atoms with E-state index in [-0.39, 0.29) is 11.4 Å². The minimum absolute atomic E-state index is 0.0289. The number of ether oxygens (including phenoxy) is 1. The number of benzene rings is 1. The van der Waals surface area contributed by atoms with Gasteiger partial charge in [0.05, 0.1) is 12.8 Å². The van der Waals surface area contributed by atoms with Gasteiger partial charge >= 0.3 is 12.0 Å². The van der Waals surface area contributed by atoms with Crippen molar-refractivity contribution in [2.24, 2.45) is 7.05 Å². The Balaban J connectivity index is 2.11. The van der Waals surface area contributed by atoms with E-state index in [0.29, 0.717) is 10.7 Å². The maximum absolute atomic E-state index is 11.9. The number of hydrogen-bond acceptors (Lipinski definition) is 4. The van der Waals surface area contributed by atoms with E-state index in [4.69, 9.17) is 11.6 Å². The molecule has 21 heavy (non-hydrogen) atoms. The highest BCUT2D eigenvalue weighted by atomic mass is 35.5. The van der Waals surface area contributed by atoms with Gasteiger partial charge in [-0.1, -0.05) is 17.7 Å². The van der Waals surface area contributed by atoms with Crippen LogP contribution in [0.2, 0.25) is 5.02 Å². The van der Waals surface area contributed by atoms with Gasteiger partial charge in [-0.25, -0.2) is 9.59 Å². The Morgan fingerprint density at radius 3 is 2.76 bits per heavy atom. The summed E-state index contributed by atoms with van der Waals surface area (Å²) in [6.45, 7) is 0.